The molecule has 16 heteroatoms. The van der Waals surface area contributed by atoms with E-state index in [1.54, 1.807) is 0 Å². The normalized spacial score (nSPS) is 23.4. The van der Waals surface area contributed by atoms with E-state index in [4.69, 9.17) is 34.6 Å². The summed E-state index contributed by atoms with van der Waals surface area (Å²) in [4.78, 5) is 48.2. The van der Waals surface area contributed by atoms with Crippen LogP contribution in [0, 0.1) is 0 Å². The third kappa shape index (κ3) is 4.63. The van der Waals surface area contributed by atoms with Crippen molar-refractivity contribution in [3.8, 4) is 0 Å². The molecule has 0 aromatic carbocycles. The van der Waals surface area contributed by atoms with Gasteiger partial charge in [0, 0.05) is 6.42 Å². The zero-order valence-corrected chi connectivity index (χ0v) is 15.9. The number of anilines is 1. The first-order valence-electron chi connectivity index (χ1n) is 7.69. The molecule has 0 radical (unpaired) electrons. The maximum Gasteiger partial charge on any atom is 0.469 e. The number of ether oxygens (including phenoxy) is 1. The van der Waals surface area contributed by atoms with Crippen LogP contribution in [0.4, 0.5) is 5.82 Å². The molecule has 0 amide bonds. The molecule has 1 fully saturated rings. The molecule has 28 heavy (non-hydrogen) atoms. The zero-order valence-electron chi connectivity index (χ0n) is 14.1. The predicted octanol–water partition coefficient (Wildman–Crippen LogP) is -0.0738. The molecular formula is C12H17N5O9P2. The summed E-state index contributed by atoms with van der Waals surface area (Å²) in [7, 11) is -9.75. The van der Waals surface area contributed by atoms with E-state index in [1.807, 2.05) is 0 Å². The highest BCUT2D eigenvalue weighted by Crippen LogP contribution is 2.45. The molecule has 0 unspecified atom stereocenters. The highest BCUT2D eigenvalue weighted by Gasteiger charge is 2.42. The number of hydrogen-bond donors (Lipinski definition) is 5. The molecule has 0 spiro atoms. The summed E-state index contributed by atoms with van der Waals surface area (Å²) in [5, 5.41) is 0. The Kier molecular flexibility index (Phi) is 5.69. The van der Waals surface area contributed by atoms with Crippen LogP contribution in [-0.4, -0.2) is 57.9 Å². The van der Waals surface area contributed by atoms with Gasteiger partial charge in [-0.2, -0.15) is 0 Å². The summed E-state index contributed by atoms with van der Waals surface area (Å²) in [6.45, 7) is 2.97. The Morgan fingerprint density at radius 2 is 2.04 bits per heavy atom. The number of fused-ring (bicyclic) bond motifs is 1. The van der Waals surface area contributed by atoms with Crippen LogP contribution in [0.5, 0.6) is 0 Å². The Hall–Kier alpha value is -1.73. The summed E-state index contributed by atoms with van der Waals surface area (Å²) in [5.41, 5.74) is 6.33. The van der Waals surface area contributed by atoms with Crippen molar-refractivity contribution in [3.05, 3.63) is 18.7 Å². The lowest BCUT2D eigenvalue weighted by Crippen LogP contribution is -2.28. The molecule has 0 bridgehead atoms. The first kappa shape index (κ1) is 21.0. The van der Waals surface area contributed by atoms with E-state index in [-0.39, 0.29) is 23.4 Å². The smallest absolute Gasteiger partial charge is 0.382 e. The Balaban J connectivity index is 1.96. The molecular weight excluding hydrogens is 420 g/mol. The highest BCUT2D eigenvalue weighted by atomic mass is 31.2. The SMILES string of the molecule is C=Cc1nc2c(N)ncnc2n1[C@H]1C[C@H](OP(=O)(O)O)[C@@H](COP(=O)(O)O)O1. The van der Waals surface area contributed by atoms with Gasteiger partial charge in [0.2, 0.25) is 0 Å². The second-order valence-electron chi connectivity index (χ2n) is 5.76. The van der Waals surface area contributed by atoms with Crippen LogP contribution in [0.3, 0.4) is 0 Å². The van der Waals surface area contributed by atoms with Crippen LogP contribution in [-0.2, 0) is 22.9 Å². The zero-order chi connectivity index (χ0) is 20.7. The summed E-state index contributed by atoms with van der Waals surface area (Å²) in [5.74, 6) is 0.396. The fraction of sp³-hybridized carbons (Fsp3) is 0.417. The Bertz CT molecular complexity index is 985. The number of nitrogen functional groups attached to an aromatic ring is 1. The van der Waals surface area contributed by atoms with Gasteiger partial charge in [-0.3, -0.25) is 13.6 Å². The van der Waals surface area contributed by atoms with Gasteiger partial charge in [-0.15, -0.1) is 0 Å². The minimum absolute atomic E-state index is 0.101. The molecule has 1 aliphatic heterocycles. The second-order valence-corrected chi connectivity index (χ2v) is 8.19. The van der Waals surface area contributed by atoms with Gasteiger partial charge in [-0.1, -0.05) is 6.58 Å². The molecule has 0 saturated carbocycles. The number of rotatable bonds is 7. The largest absolute Gasteiger partial charge is 0.469 e. The molecule has 0 aliphatic carbocycles. The van der Waals surface area contributed by atoms with Crippen LogP contribution in [0.15, 0.2) is 12.9 Å². The van der Waals surface area contributed by atoms with Crippen LogP contribution in [0.2, 0.25) is 0 Å². The average molecular weight is 437 g/mol. The second kappa shape index (κ2) is 7.59. The number of nitrogens with two attached hydrogens (primary N) is 1. The van der Waals surface area contributed by atoms with E-state index in [2.05, 4.69) is 26.1 Å². The standard InChI is InChI=1S/C12H17N5O9P2/c1-2-8-16-10-11(13)14-5-15-12(10)17(8)9-3-6(26-28(21,22)23)7(25-9)4-24-27(18,19)20/h2,5-7,9H,1,3-4H2,(H2,13,14,15)(H2,18,19,20)(H2,21,22,23)/t6-,7+,9+/m0/s1. The maximum atomic E-state index is 11.3. The van der Waals surface area contributed by atoms with Gasteiger partial charge in [0.15, 0.2) is 17.0 Å². The van der Waals surface area contributed by atoms with Crippen molar-refractivity contribution < 1.29 is 42.5 Å². The van der Waals surface area contributed by atoms with Crippen molar-refractivity contribution in [1.82, 2.24) is 19.5 Å². The summed E-state index contributed by atoms with van der Waals surface area (Å²) >= 11 is 0. The molecule has 154 valence electrons. The number of phosphoric ester groups is 2. The van der Waals surface area contributed by atoms with E-state index in [0.29, 0.717) is 5.82 Å². The lowest BCUT2D eigenvalue weighted by Gasteiger charge is -2.19. The fourth-order valence-electron chi connectivity index (χ4n) is 2.84. The van der Waals surface area contributed by atoms with Crippen molar-refractivity contribution >= 4 is 38.7 Å². The van der Waals surface area contributed by atoms with E-state index in [0.717, 1.165) is 0 Å². The molecule has 1 saturated heterocycles. The number of hydrogen-bond acceptors (Lipinski definition) is 9. The van der Waals surface area contributed by atoms with Crippen LogP contribution in [0.1, 0.15) is 18.5 Å². The van der Waals surface area contributed by atoms with Crippen molar-refractivity contribution in [2.24, 2.45) is 0 Å². The van der Waals surface area contributed by atoms with E-state index >= 15 is 0 Å². The third-order valence-electron chi connectivity index (χ3n) is 3.86. The van der Waals surface area contributed by atoms with Gasteiger partial charge >= 0.3 is 15.6 Å². The Morgan fingerprint density at radius 1 is 1.32 bits per heavy atom. The molecule has 3 heterocycles. The molecule has 6 N–H and O–H groups in total. The van der Waals surface area contributed by atoms with Crippen LogP contribution >= 0.6 is 15.6 Å². The monoisotopic (exact) mass is 437 g/mol. The van der Waals surface area contributed by atoms with E-state index in [1.165, 1.54) is 17.0 Å². The van der Waals surface area contributed by atoms with Gasteiger partial charge in [0.05, 0.1) is 6.61 Å². The lowest BCUT2D eigenvalue weighted by atomic mass is 10.2. The van der Waals surface area contributed by atoms with Crippen LogP contribution in [0.25, 0.3) is 17.2 Å². The van der Waals surface area contributed by atoms with Crippen molar-refractivity contribution in [1.29, 1.82) is 0 Å². The van der Waals surface area contributed by atoms with Crippen molar-refractivity contribution in [2.45, 2.75) is 24.9 Å². The predicted molar refractivity (Wildman–Crippen MR) is 93.3 cm³/mol. The molecule has 1 aliphatic rings. The van der Waals surface area contributed by atoms with Gasteiger partial charge in [-0.05, 0) is 6.08 Å². The van der Waals surface area contributed by atoms with Gasteiger partial charge < -0.3 is 30.0 Å². The summed E-state index contributed by atoms with van der Waals surface area (Å²) in [6, 6.07) is 0. The number of aromatic nitrogens is 4. The number of phosphoric acid groups is 2. The first-order chi connectivity index (χ1) is 13.0. The fourth-order valence-corrected chi connectivity index (χ4v) is 3.75. The number of nitrogens with zero attached hydrogens (tertiary/aromatic N) is 4. The summed E-state index contributed by atoms with van der Waals surface area (Å²) in [6.07, 6.45) is -0.838. The van der Waals surface area contributed by atoms with E-state index in [9.17, 15) is 9.13 Å². The minimum atomic E-state index is -4.91. The molecule has 2 aromatic rings. The quantitative estimate of drug-likeness (QED) is 0.359. The Morgan fingerprint density at radius 3 is 2.64 bits per heavy atom. The van der Waals surface area contributed by atoms with Gasteiger partial charge in [0.25, 0.3) is 0 Å². The number of imidazole rings is 1. The minimum Gasteiger partial charge on any atom is -0.382 e. The molecule has 2 aromatic heterocycles. The van der Waals surface area contributed by atoms with Crippen LogP contribution < -0.4 is 5.73 Å². The topological polar surface area (TPSA) is 212 Å². The van der Waals surface area contributed by atoms with Gasteiger partial charge in [0.1, 0.15) is 30.6 Å². The molecule has 3 rings (SSSR count). The van der Waals surface area contributed by atoms with E-state index < -0.39 is 40.7 Å². The molecule has 14 nitrogen and oxygen atoms in total. The van der Waals surface area contributed by atoms with Crippen molar-refractivity contribution in [2.75, 3.05) is 12.3 Å². The average Bonchev–Trinajstić information content (AvgIpc) is 3.12. The first-order valence-corrected chi connectivity index (χ1v) is 10.7. The molecule has 3 atom stereocenters. The van der Waals surface area contributed by atoms with Gasteiger partial charge in [-0.25, -0.2) is 24.1 Å². The van der Waals surface area contributed by atoms with Crippen molar-refractivity contribution in [3.63, 3.8) is 0 Å². The highest BCUT2D eigenvalue weighted by molar-refractivity contribution is 7.46. The third-order valence-corrected chi connectivity index (χ3v) is 4.89. The Labute approximate surface area is 157 Å². The summed E-state index contributed by atoms with van der Waals surface area (Å²) < 4.78 is 38.5. The lowest BCUT2D eigenvalue weighted by molar-refractivity contribution is -0.0419. The maximum absolute atomic E-state index is 11.3.